The van der Waals surface area contributed by atoms with Crippen LogP contribution in [0.2, 0.25) is 0 Å². The standard InChI is InChI=1S/C35H44N4O7/c1-22(2)18-29(38-34(44)30(19-23(3)4)39-35(45)46-21-24-10-6-5-7-11-24)33(43)37-28(16-17-31(40)41)32(42)36-27-15-14-25-12-8-9-13-26(25)20-27/h5-15,20,22-23,28-30H,16-19,21H2,1-4H3,(H,36,42)(H,37,43)(H,38,44)(H,39,45)(H,40,41)/t28-,29-,30+/m1/s1. The lowest BCUT2D eigenvalue weighted by atomic mass is 9.99. The molecule has 3 aromatic rings. The number of carbonyl (C=O) groups is 5. The van der Waals surface area contributed by atoms with Gasteiger partial charge in [-0.15, -0.1) is 0 Å². The molecule has 0 heterocycles. The number of carboxylic acid groups (broad SMARTS) is 1. The molecule has 0 aliphatic rings. The zero-order chi connectivity index (χ0) is 33.6. The summed E-state index contributed by atoms with van der Waals surface area (Å²) in [5.41, 5.74) is 1.28. The highest BCUT2D eigenvalue weighted by Crippen LogP contribution is 2.19. The van der Waals surface area contributed by atoms with Gasteiger partial charge in [-0.1, -0.05) is 88.4 Å². The number of rotatable bonds is 16. The average molecular weight is 633 g/mol. The third-order valence-corrected chi connectivity index (χ3v) is 7.17. The molecule has 0 radical (unpaired) electrons. The molecule has 3 atom stereocenters. The number of alkyl carbamates (subject to hydrolysis) is 1. The van der Waals surface area contributed by atoms with Crippen molar-refractivity contribution in [3.8, 4) is 0 Å². The highest BCUT2D eigenvalue weighted by atomic mass is 16.5. The number of carbonyl (C=O) groups excluding carboxylic acids is 4. The van der Waals surface area contributed by atoms with Crippen molar-refractivity contribution in [3.63, 3.8) is 0 Å². The summed E-state index contributed by atoms with van der Waals surface area (Å²) in [4.78, 5) is 64.3. The molecule has 46 heavy (non-hydrogen) atoms. The van der Waals surface area contributed by atoms with Crippen LogP contribution in [0.15, 0.2) is 72.8 Å². The zero-order valence-corrected chi connectivity index (χ0v) is 26.7. The van der Waals surface area contributed by atoms with Crippen molar-refractivity contribution in [2.45, 2.75) is 78.1 Å². The van der Waals surface area contributed by atoms with Crippen molar-refractivity contribution in [2.75, 3.05) is 5.32 Å². The molecule has 11 heteroatoms. The Balaban J connectivity index is 1.71. The second-order valence-corrected chi connectivity index (χ2v) is 12.1. The smallest absolute Gasteiger partial charge is 0.408 e. The monoisotopic (exact) mass is 632 g/mol. The first kappa shape index (κ1) is 35.5. The van der Waals surface area contributed by atoms with E-state index in [4.69, 9.17) is 4.74 Å². The summed E-state index contributed by atoms with van der Waals surface area (Å²) < 4.78 is 5.30. The van der Waals surface area contributed by atoms with Crippen molar-refractivity contribution in [2.24, 2.45) is 11.8 Å². The van der Waals surface area contributed by atoms with Crippen LogP contribution in [0.1, 0.15) is 58.9 Å². The molecule has 5 N–H and O–H groups in total. The Morgan fingerprint density at radius 3 is 1.85 bits per heavy atom. The van der Waals surface area contributed by atoms with Gasteiger partial charge in [-0.2, -0.15) is 0 Å². The van der Waals surface area contributed by atoms with Crippen LogP contribution in [0.25, 0.3) is 10.8 Å². The van der Waals surface area contributed by atoms with Crippen molar-refractivity contribution in [1.29, 1.82) is 0 Å². The van der Waals surface area contributed by atoms with Gasteiger partial charge in [-0.05, 0) is 59.6 Å². The van der Waals surface area contributed by atoms with Gasteiger partial charge in [0.15, 0.2) is 0 Å². The molecule has 3 aromatic carbocycles. The van der Waals surface area contributed by atoms with Crippen LogP contribution >= 0.6 is 0 Å². The molecule has 11 nitrogen and oxygen atoms in total. The molecule has 0 saturated heterocycles. The maximum atomic E-state index is 13.6. The van der Waals surface area contributed by atoms with Gasteiger partial charge < -0.3 is 31.1 Å². The van der Waals surface area contributed by atoms with E-state index in [1.807, 2.05) is 88.4 Å². The van der Waals surface area contributed by atoms with E-state index in [1.54, 1.807) is 12.1 Å². The first-order valence-electron chi connectivity index (χ1n) is 15.5. The molecule has 0 aromatic heterocycles. The lowest BCUT2D eigenvalue weighted by molar-refractivity contribution is -0.137. The maximum absolute atomic E-state index is 13.6. The number of fused-ring (bicyclic) bond motifs is 1. The van der Waals surface area contributed by atoms with Crippen LogP contribution in [-0.2, 0) is 30.5 Å². The van der Waals surface area contributed by atoms with Gasteiger partial charge in [0.2, 0.25) is 17.7 Å². The van der Waals surface area contributed by atoms with Crippen LogP contribution in [0.5, 0.6) is 0 Å². The molecule has 0 fully saturated rings. The summed E-state index contributed by atoms with van der Waals surface area (Å²) in [6.45, 7) is 7.59. The van der Waals surface area contributed by atoms with Gasteiger partial charge in [-0.3, -0.25) is 19.2 Å². The third-order valence-electron chi connectivity index (χ3n) is 7.17. The first-order valence-corrected chi connectivity index (χ1v) is 15.5. The number of hydrogen-bond acceptors (Lipinski definition) is 6. The fourth-order valence-corrected chi connectivity index (χ4v) is 4.89. The molecule has 246 valence electrons. The summed E-state index contributed by atoms with van der Waals surface area (Å²) in [5, 5.41) is 22.0. The lowest BCUT2D eigenvalue weighted by Crippen LogP contribution is -2.56. The Kier molecular flexibility index (Phi) is 13.5. The molecule has 0 saturated carbocycles. The molecule has 4 amide bonds. The van der Waals surface area contributed by atoms with Gasteiger partial charge in [0.05, 0.1) is 0 Å². The summed E-state index contributed by atoms with van der Waals surface area (Å²) in [6.07, 6.45) is -0.759. The third kappa shape index (κ3) is 11.9. The van der Waals surface area contributed by atoms with Crippen LogP contribution in [0, 0.1) is 11.8 Å². The second-order valence-electron chi connectivity index (χ2n) is 12.1. The Bertz CT molecular complexity index is 1490. The molecule has 0 bridgehead atoms. The molecule has 0 aliphatic carbocycles. The topological polar surface area (TPSA) is 163 Å². The van der Waals surface area contributed by atoms with Gasteiger partial charge in [0.1, 0.15) is 24.7 Å². The minimum atomic E-state index is -1.18. The van der Waals surface area contributed by atoms with Crippen molar-refractivity contribution in [1.82, 2.24) is 16.0 Å². The van der Waals surface area contributed by atoms with Crippen LogP contribution < -0.4 is 21.3 Å². The fraction of sp³-hybridized carbons (Fsp3) is 0.400. The maximum Gasteiger partial charge on any atom is 0.408 e. The minimum Gasteiger partial charge on any atom is -0.481 e. The molecular formula is C35H44N4O7. The lowest BCUT2D eigenvalue weighted by Gasteiger charge is -2.26. The van der Waals surface area contributed by atoms with Gasteiger partial charge in [-0.25, -0.2) is 4.79 Å². The number of hydrogen-bond donors (Lipinski definition) is 5. The van der Waals surface area contributed by atoms with Gasteiger partial charge >= 0.3 is 12.1 Å². The normalized spacial score (nSPS) is 13.0. The predicted octanol–water partition coefficient (Wildman–Crippen LogP) is 5.00. The number of benzene rings is 3. The van der Waals surface area contributed by atoms with Crippen molar-refractivity contribution >= 4 is 46.2 Å². The molecule has 3 rings (SSSR count). The fourth-order valence-electron chi connectivity index (χ4n) is 4.89. The van der Waals surface area contributed by atoms with E-state index < -0.39 is 47.9 Å². The quantitative estimate of drug-likeness (QED) is 0.148. The largest absolute Gasteiger partial charge is 0.481 e. The van der Waals surface area contributed by atoms with Gasteiger partial charge in [0, 0.05) is 12.1 Å². The van der Waals surface area contributed by atoms with E-state index in [2.05, 4.69) is 21.3 Å². The summed E-state index contributed by atoms with van der Waals surface area (Å²) in [7, 11) is 0. The number of ether oxygens (including phenoxy) is 1. The second kappa shape index (κ2) is 17.5. The number of aliphatic carboxylic acids is 1. The molecular weight excluding hydrogens is 588 g/mol. The van der Waals surface area contributed by atoms with E-state index in [-0.39, 0.29) is 44.1 Å². The van der Waals surface area contributed by atoms with E-state index >= 15 is 0 Å². The van der Waals surface area contributed by atoms with E-state index in [0.29, 0.717) is 5.69 Å². The Morgan fingerprint density at radius 1 is 0.674 bits per heavy atom. The highest BCUT2D eigenvalue weighted by Gasteiger charge is 2.31. The van der Waals surface area contributed by atoms with Crippen LogP contribution in [-0.4, -0.2) is 53.0 Å². The minimum absolute atomic E-state index is 0.0210. The summed E-state index contributed by atoms with van der Waals surface area (Å²) in [5.74, 6) is -2.91. The number of nitrogens with one attached hydrogen (secondary N) is 4. The van der Waals surface area contributed by atoms with Crippen LogP contribution in [0.3, 0.4) is 0 Å². The SMILES string of the molecule is CC(C)C[C@H](NC(=O)OCc1ccccc1)C(=O)N[C@H](CC(C)C)C(=O)N[C@H](CCC(=O)O)C(=O)Nc1ccc2ccccc2c1. The summed E-state index contributed by atoms with van der Waals surface area (Å²) in [6, 6.07) is 18.9. The Labute approximate surface area is 269 Å². The number of amides is 4. The first-order chi connectivity index (χ1) is 21.9. The molecule has 0 unspecified atom stereocenters. The number of carboxylic acids is 1. The number of anilines is 1. The Morgan fingerprint density at radius 2 is 1.24 bits per heavy atom. The highest BCUT2D eigenvalue weighted by molar-refractivity contribution is 6.00. The van der Waals surface area contributed by atoms with Gasteiger partial charge in [0.25, 0.3) is 0 Å². The van der Waals surface area contributed by atoms with E-state index in [9.17, 15) is 29.1 Å². The summed E-state index contributed by atoms with van der Waals surface area (Å²) >= 11 is 0. The average Bonchev–Trinajstić information content (AvgIpc) is 3.01. The predicted molar refractivity (Wildman–Crippen MR) is 176 cm³/mol. The van der Waals surface area contributed by atoms with Crippen molar-refractivity contribution in [3.05, 3.63) is 78.4 Å². The molecule has 0 aliphatic heterocycles. The van der Waals surface area contributed by atoms with Crippen molar-refractivity contribution < 1.29 is 33.8 Å². The van der Waals surface area contributed by atoms with E-state index in [0.717, 1.165) is 16.3 Å². The van der Waals surface area contributed by atoms with E-state index in [1.165, 1.54) is 0 Å². The molecule has 0 spiro atoms. The zero-order valence-electron chi connectivity index (χ0n) is 26.7. The Hall–Kier alpha value is -4.93. The van der Waals surface area contributed by atoms with Crippen LogP contribution in [0.4, 0.5) is 10.5 Å².